The average molecular weight is 493 g/mol. The third-order valence-corrected chi connectivity index (χ3v) is 6.50. The molecule has 0 atom stereocenters. The summed E-state index contributed by atoms with van der Waals surface area (Å²) in [7, 11) is 1.58. The Kier molecular flexibility index (Phi) is 7.18. The molecule has 0 radical (unpaired) electrons. The monoisotopic (exact) mass is 492 g/mol. The smallest absolute Gasteiger partial charge is 0.253 e. The Bertz CT molecular complexity index is 1440. The van der Waals surface area contributed by atoms with Gasteiger partial charge in [-0.25, -0.2) is 4.98 Å². The van der Waals surface area contributed by atoms with E-state index in [1.165, 1.54) is 6.42 Å². The van der Waals surface area contributed by atoms with Crippen molar-refractivity contribution < 1.29 is 14.3 Å². The Morgan fingerprint density at radius 1 is 1.05 bits per heavy atom. The molecule has 0 unspecified atom stereocenters. The van der Waals surface area contributed by atoms with Crippen LogP contribution in [0.1, 0.15) is 46.6 Å². The quantitative estimate of drug-likeness (QED) is 0.327. The summed E-state index contributed by atoms with van der Waals surface area (Å²) in [6, 6.07) is 23.0. The number of amides is 1. The predicted molar refractivity (Wildman–Crippen MR) is 143 cm³/mol. The number of hydrogen-bond donors (Lipinski definition) is 1. The maximum Gasteiger partial charge on any atom is 0.253 e. The van der Waals surface area contributed by atoms with Crippen LogP contribution in [0.25, 0.3) is 22.7 Å². The van der Waals surface area contributed by atoms with Crippen LogP contribution in [0.5, 0.6) is 11.5 Å². The number of hydrogen-bond acceptors (Lipinski definition) is 5. The summed E-state index contributed by atoms with van der Waals surface area (Å²) >= 11 is 0. The van der Waals surface area contributed by atoms with E-state index in [0.29, 0.717) is 35.1 Å². The minimum absolute atomic E-state index is 0.0943. The summed E-state index contributed by atoms with van der Waals surface area (Å²) in [5.74, 6) is 1.77. The van der Waals surface area contributed by atoms with E-state index in [2.05, 4.69) is 16.0 Å². The summed E-state index contributed by atoms with van der Waals surface area (Å²) in [6.07, 6.45) is 5.11. The number of ether oxygens (including phenoxy) is 2. The molecular formula is C30H28N4O3. The first-order chi connectivity index (χ1) is 18.1. The highest BCUT2D eigenvalue weighted by Crippen LogP contribution is 2.30. The lowest BCUT2D eigenvalue weighted by atomic mass is 10.1. The number of H-pyrrole nitrogens is 1. The van der Waals surface area contributed by atoms with Gasteiger partial charge in [0.15, 0.2) is 11.5 Å². The van der Waals surface area contributed by atoms with Crippen LogP contribution in [0.15, 0.2) is 66.7 Å². The van der Waals surface area contributed by atoms with Crippen molar-refractivity contribution >= 4 is 28.6 Å². The molecule has 186 valence electrons. The highest BCUT2D eigenvalue weighted by Gasteiger charge is 2.18. The molecule has 1 N–H and O–H groups in total. The topological polar surface area (TPSA) is 91.2 Å². The Morgan fingerprint density at radius 2 is 1.84 bits per heavy atom. The molecule has 4 aromatic rings. The third-order valence-electron chi connectivity index (χ3n) is 6.50. The fraction of sp³-hybridized carbons (Fsp3) is 0.233. The van der Waals surface area contributed by atoms with E-state index >= 15 is 0 Å². The van der Waals surface area contributed by atoms with Gasteiger partial charge in [-0.15, -0.1) is 0 Å². The molecule has 1 amide bonds. The molecule has 1 aliphatic heterocycles. The normalized spacial score (nSPS) is 13.8. The standard InChI is InChI=1S/C30H28N4O3/c1-36-28-18-22(17-24(19-31)29-32-25-7-3-4-8-26(25)33-29)11-14-27(28)37-20-21-9-12-23(13-10-21)30(35)34-15-5-2-6-16-34/h3-4,7-14,17-18H,2,5-6,15-16,20H2,1H3,(H,32,33)/b24-17-. The number of piperidine rings is 1. The van der Waals surface area contributed by atoms with Crippen LogP contribution in [0.4, 0.5) is 0 Å². The maximum atomic E-state index is 12.7. The number of likely N-dealkylation sites (tertiary alicyclic amines) is 1. The molecule has 7 heteroatoms. The van der Waals surface area contributed by atoms with Crippen molar-refractivity contribution in [3.8, 4) is 17.6 Å². The molecule has 5 rings (SSSR count). The van der Waals surface area contributed by atoms with E-state index in [1.807, 2.05) is 71.6 Å². The molecule has 1 aromatic heterocycles. The van der Waals surface area contributed by atoms with E-state index in [0.717, 1.165) is 48.1 Å². The zero-order chi connectivity index (χ0) is 25.6. The third kappa shape index (κ3) is 5.49. The summed E-state index contributed by atoms with van der Waals surface area (Å²) in [5, 5.41) is 9.73. The number of aromatic amines is 1. The SMILES string of the molecule is COc1cc(/C=C(/C#N)c2nc3ccccc3[nH]2)ccc1OCc1ccc(C(=O)N2CCCCC2)cc1. The summed E-state index contributed by atoms with van der Waals surface area (Å²) in [5.41, 5.74) is 4.57. The number of carbonyl (C=O) groups is 1. The van der Waals surface area contributed by atoms with E-state index in [4.69, 9.17) is 9.47 Å². The number of methoxy groups -OCH3 is 1. The van der Waals surface area contributed by atoms with Gasteiger partial charge in [-0.1, -0.05) is 30.3 Å². The number of aromatic nitrogens is 2. The Labute approximate surface area is 216 Å². The number of benzene rings is 3. The molecular weight excluding hydrogens is 464 g/mol. The maximum absolute atomic E-state index is 12.7. The molecule has 0 spiro atoms. The van der Waals surface area contributed by atoms with Crippen molar-refractivity contribution in [2.24, 2.45) is 0 Å². The Morgan fingerprint density at radius 3 is 2.57 bits per heavy atom. The van der Waals surface area contributed by atoms with Crippen molar-refractivity contribution in [2.75, 3.05) is 20.2 Å². The minimum atomic E-state index is 0.0943. The second-order valence-electron chi connectivity index (χ2n) is 9.02. The fourth-order valence-electron chi connectivity index (χ4n) is 4.48. The first-order valence-corrected chi connectivity index (χ1v) is 12.4. The van der Waals surface area contributed by atoms with Crippen LogP contribution in [0.3, 0.4) is 0 Å². The molecule has 7 nitrogen and oxygen atoms in total. The number of nitrogens with zero attached hydrogens (tertiary/aromatic N) is 3. The number of nitrogens with one attached hydrogen (secondary N) is 1. The predicted octanol–water partition coefficient (Wildman–Crippen LogP) is 5.84. The lowest BCUT2D eigenvalue weighted by molar-refractivity contribution is 0.0724. The van der Waals surface area contributed by atoms with Crippen molar-refractivity contribution in [1.82, 2.24) is 14.9 Å². The number of rotatable bonds is 7. The number of para-hydroxylation sites is 2. The molecule has 0 saturated carbocycles. The fourth-order valence-corrected chi connectivity index (χ4v) is 4.48. The first-order valence-electron chi connectivity index (χ1n) is 12.4. The molecule has 0 bridgehead atoms. The minimum Gasteiger partial charge on any atom is -0.493 e. The van der Waals surface area contributed by atoms with Crippen LogP contribution in [0.2, 0.25) is 0 Å². The van der Waals surface area contributed by atoms with E-state index in [9.17, 15) is 10.1 Å². The van der Waals surface area contributed by atoms with Gasteiger partial charge in [-0.3, -0.25) is 4.79 Å². The van der Waals surface area contributed by atoms with Crippen molar-refractivity contribution in [3.63, 3.8) is 0 Å². The summed E-state index contributed by atoms with van der Waals surface area (Å²) in [6.45, 7) is 2.01. The average Bonchev–Trinajstić information content (AvgIpc) is 3.39. The van der Waals surface area contributed by atoms with Gasteiger partial charge in [0.25, 0.3) is 5.91 Å². The van der Waals surface area contributed by atoms with Gasteiger partial charge in [0.05, 0.1) is 23.7 Å². The van der Waals surface area contributed by atoms with E-state index < -0.39 is 0 Å². The van der Waals surface area contributed by atoms with Crippen molar-refractivity contribution in [2.45, 2.75) is 25.9 Å². The molecule has 1 saturated heterocycles. The molecule has 1 aliphatic rings. The number of imidazole rings is 1. The van der Waals surface area contributed by atoms with Crippen molar-refractivity contribution in [3.05, 3.63) is 89.2 Å². The van der Waals surface area contributed by atoms with Gasteiger partial charge >= 0.3 is 0 Å². The summed E-state index contributed by atoms with van der Waals surface area (Å²) < 4.78 is 11.6. The van der Waals surface area contributed by atoms with Gasteiger partial charge < -0.3 is 19.4 Å². The van der Waals surface area contributed by atoms with Crippen LogP contribution in [0, 0.1) is 11.3 Å². The van der Waals surface area contributed by atoms with Gasteiger partial charge in [0, 0.05) is 18.7 Å². The molecule has 3 aromatic carbocycles. The number of allylic oxidation sites excluding steroid dienone is 1. The molecule has 37 heavy (non-hydrogen) atoms. The molecule has 0 aliphatic carbocycles. The zero-order valence-corrected chi connectivity index (χ0v) is 20.7. The van der Waals surface area contributed by atoms with Gasteiger partial charge in [-0.05, 0) is 72.9 Å². The van der Waals surface area contributed by atoms with Crippen LogP contribution >= 0.6 is 0 Å². The Balaban J connectivity index is 1.27. The van der Waals surface area contributed by atoms with Gasteiger partial charge in [0.1, 0.15) is 18.5 Å². The highest BCUT2D eigenvalue weighted by atomic mass is 16.5. The van der Waals surface area contributed by atoms with Gasteiger partial charge in [-0.2, -0.15) is 5.26 Å². The van der Waals surface area contributed by atoms with Gasteiger partial charge in [0.2, 0.25) is 0 Å². The molecule has 1 fully saturated rings. The lowest BCUT2D eigenvalue weighted by Gasteiger charge is -2.26. The number of nitriles is 1. The van der Waals surface area contributed by atoms with E-state index in [-0.39, 0.29) is 5.91 Å². The number of fused-ring (bicyclic) bond motifs is 1. The summed E-state index contributed by atoms with van der Waals surface area (Å²) in [4.78, 5) is 22.3. The first kappa shape index (κ1) is 24.1. The Hall–Kier alpha value is -4.57. The van der Waals surface area contributed by atoms with Crippen LogP contribution in [-0.2, 0) is 6.61 Å². The van der Waals surface area contributed by atoms with Crippen LogP contribution in [-0.4, -0.2) is 41.0 Å². The van der Waals surface area contributed by atoms with E-state index in [1.54, 1.807) is 13.2 Å². The highest BCUT2D eigenvalue weighted by molar-refractivity contribution is 5.94. The second kappa shape index (κ2) is 11.0. The lowest BCUT2D eigenvalue weighted by Crippen LogP contribution is -2.35. The largest absolute Gasteiger partial charge is 0.493 e. The van der Waals surface area contributed by atoms with Crippen molar-refractivity contribution in [1.29, 1.82) is 5.26 Å². The molecule has 2 heterocycles. The number of carbonyl (C=O) groups excluding carboxylic acids is 1. The van der Waals surface area contributed by atoms with Crippen LogP contribution < -0.4 is 9.47 Å². The zero-order valence-electron chi connectivity index (χ0n) is 20.7. The second-order valence-corrected chi connectivity index (χ2v) is 9.02.